The van der Waals surface area contributed by atoms with Gasteiger partial charge in [0.2, 0.25) is 0 Å². The smallest absolute Gasteiger partial charge is 0.168 e. The molecule has 1 aliphatic rings. The Labute approximate surface area is 115 Å². The lowest BCUT2D eigenvalue weighted by Crippen LogP contribution is -2.44. The molecule has 0 amide bonds. The second kappa shape index (κ2) is 4.35. The highest BCUT2D eigenvalue weighted by molar-refractivity contribution is 5.81. The van der Waals surface area contributed by atoms with E-state index in [0.717, 1.165) is 0 Å². The van der Waals surface area contributed by atoms with E-state index in [-0.39, 0.29) is 5.82 Å². The Hall–Kier alpha value is -1.81. The SMILES string of the molecule is [2H]C[C@@]1(O)[C@H](O)[C@@H](CO)O[C@H]1n1cnc2c(N)ncnc21. The number of rotatable bonds is 2. The lowest BCUT2D eigenvalue weighted by Gasteiger charge is -2.27. The van der Waals surface area contributed by atoms with Crippen molar-refractivity contribution in [2.24, 2.45) is 0 Å². The summed E-state index contributed by atoms with van der Waals surface area (Å²) < 4.78 is 14.4. The number of imidazole rings is 1. The van der Waals surface area contributed by atoms with Gasteiger partial charge in [-0.05, 0) is 6.90 Å². The first-order chi connectivity index (χ1) is 10.0. The van der Waals surface area contributed by atoms with Gasteiger partial charge in [-0.1, -0.05) is 0 Å². The predicted molar refractivity (Wildman–Crippen MR) is 67.4 cm³/mol. The molecule has 3 rings (SSSR count). The first-order valence-corrected chi connectivity index (χ1v) is 5.92. The van der Waals surface area contributed by atoms with E-state index >= 15 is 0 Å². The molecule has 0 saturated carbocycles. The van der Waals surface area contributed by atoms with Crippen LogP contribution in [-0.4, -0.2) is 59.3 Å². The molecular formula is C11H15N5O4. The number of ether oxygens (including phenoxy) is 1. The van der Waals surface area contributed by atoms with Crippen LogP contribution < -0.4 is 5.73 Å². The van der Waals surface area contributed by atoms with Crippen LogP contribution in [0.15, 0.2) is 12.7 Å². The van der Waals surface area contributed by atoms with Gasteiger partial charge in [-0.3, -0.25) is 4.57 Å². The molecule has 20 heavy (non-hydrogen) atoms. The fourth-order valence-corrected chi connectivity index (χ4v) is 2.32. The second-order valence-corrected chi connectivity index (χ2v) is 4.73. The lowest BCUT2D eigenvalue weighted by atomic mass is 9.96. The normalized spacial score (nSPS) is 34.5. The number of nitrogens with zero attached hydrogens (tertiary/aromatic N) is 4. The van der Waals surface area contributed by atoms with Crippen molar-refractivity contribution in [1.29, 1.82) is 0 Å². The highest BCUT2D eigenvalue weighted by atomic mass is 16.6. The summed E-state index contributed by atoms with van der Waals surface area (Å²) >= 11 is 0. The van der Waals surface area contributed by atoms with Crippen molar-refractivity contribution in [3.8, 4) is 0 Å². The Balaban J connectivity index is 2.11. The van der Waals surface area contributed by atoms with Gasteiger partial charge < -0.3 is 25.8 Å². The maximum absolute atomic E-state index is 10.5. The standard InChI is InChI=1S/C11H15N5O4/c1-11(19)7(18)5(2-17)20-10(11)16-4-15-6-8(12)13-3-14-9(6)16/h3-5,7,10,17-19H,2H2,1H3,(H2,12,13,14)/t5-,7-,10-,11-/m1/s1/i1D. The Kier molecular flexibility index (Phi) is 2.60. The molecule has 0 bridgehead atoms. The minimum atomic E-state index is -1.89. The van der Waals surface area contributed by atoms with Crippen LogP contribution in [0.25, 0.3) is 11.2 Å². The van der Waals surface area contributed by atoms with E-state index in [0.29, 0.717) is 11.2 Å². The largest absolute Gasteiger partial charge is 0.394 e. The fraction of sp³-hybridized carbons (Fsp3) is 0.545. The number of hydrogen-bond donors (Lipinski definition) is 4. The summed E-state index contributed by atoms with van der Waals surface area (Å²) in [5.41, 5.74) is 4.44. The van der Waals surface area contributed by atoms with Gasteiger partial charge in [0.25, 0.3) is 0 Å². The predicted octanol–water partition coefficient (Wildman–Crippen LogP) is -1.59. The van der Waals surface area contributed by atoms with Gasteiger partial charge in [0, 0.05) is 1.37 Å². The molecule has 1 aliphatic heterocycles. The molecule has 108 valence electrons. The molecule has 2 aromatic heterocycles. The molecule has 0 aromatic carbocycles. The van der Waals surface area contributed by atoms with Gasteiger partial charge in [0.1, 0.15) is 29.7 Å². The van der Waals surface area contributed by atoms with Gasteiger partial charge >= 0.3 is 0 Å². The maximum atomic E-state index is 10.5. The number of fused-ring (bicyclic) bond motifs is 1. The van der Waals surface area contributed by atoms with E-state index in [4.69, 9.17) is 11.8 Å². The molecule has 4 atom stereocenters. The van der Waals surface area contributed by atoms with Crippen molar-refractivity contribution >= 4 is 17.0 Å². The Morgan fingerprint density at radius 1 is 1.55 bits per heavy atom. The van der Waals surface area contributed by atoms with Crippen molar-refractivity contribution in [3.63, 3.8) is 0 Å². The van der Waals surface area contributed by atoms with E-state index in [9.17, 15) is 15.3 Å². The molecule has 9 heteroatoms. The van der Waals surface area contributed by atoms with Crippen molar-refractivity contribution in [2.45, 2.75) is 30.9 Å². The summed E-state index contributed by atoms with van der Waals surface area (Å²) in [4.78, 5) is 11.9. The summed E-state index contributed by atoms with van der Waals surface area (Å²) in [7, 11) is 0. The zero-order valence-corrected chi connectivity index (χ0v) is 10.4. The molecule has 9 nitrogen and oxygen atoms in total. The maximum Gasteiger partial charge on any atom is 0.168 e. The van der Waals surface area contributed by atoms with Crippen molar-refractivity contribution < 1.29 is 21.4 Å². The monoisotopic (exact) mass is 282 g/mol. The summed E-state index contributed by atoms with van der Waals surface area (Å²) in [6, 6.07) is 0. The zero-order chi connectivity index (χ0) is 15.2. The van der Waals surface area contributed by atoms with Crippen LogP contribution in [0.3, 0.4) is 0 Å². The minimum Gasteiger partial charge on any atom is -0.394 e. The second-order valence-electron chi connectivity index (χ2n) is 4.73. The number of aromatic nitrogens is 4. The molecule has 3 heterocycles. The number of nitrogen functional groups attached to an aromatic ring is 1. The number of hydrogen-bond acceptors (Lipinski definition) is 8. The van der Waals surface area contributed by atoms with Crippen LogP contribution >= 0.6 is 0 Å². The van der Waals surface area contributed by atoms with Crippen molar-refractivity contribution in [3.05, 3.63) is 12.7 Å². The third kappa shape index (κ3) is 1.68. The van der Waals surface area contributed by atoms with E-state index in [1.54, 1.807) is 0 Å². The highest BCUT2D eigenvalue weighted by Gasteiger charge is 2.53. The molecule has 2 aromatic rings. The van der Waals surface area contributed by atoms with E-state index in [1.165, 1.54) is 17.2 Å². The van der Waals surface area contributed by atoms with Crippen LogP contribution in [0.2, 0.25) is 0 Å². The summed E-state index contributed by atoms with van der Waals surface area (Å²) in [6.07, 6.45) is -0.928. The Morgan fingerprint density at radius 2 is 2.35 bits per heavy atom. The average molecular weight is 282 g/mol. The van der Waals surface area contributed by atoms with Crippen LogP contribution in [-0.2, 0) is 4.74 Å². The van der Waals surface area contributed by atoms with Crippen LogP contribution in [0, 0.1) is 0 Å². The summed E-state index contributed by atoms with van der Waals surface area (Å²) in [5, 5.41) is 29.8. The molecular weight excluding hydrogens is 266 g/mol. The Morgan fingerprint density at radius 3 is 3.05 bits per heavy atom. The molecule has 0 unspecified atom stereocenters. The topological polar surface area (TPSA) is 140 Å². The van der Waals surface area contributed by atoms with Gasteiger partial charge in [-0.2, -0.15) is 0 Å². The zero-order valence-electron chi connectivity index (χ0n) is 11.4. The first kappa shape index (κ1) is 12.0. The van der Waals surface area contributed by atoms with E-state index in [2.05, 4.69) is 15.0 Å². The third-order valence-corrected chi connectivity index (χ3v) is 3.42. The average Bonchev–Trinajstić information content (AvgIpc) is 3.01. The third-order valence-electron chi connectivity index (χ3n) is 3.42. The quantitative estimate of drug-likeness (QED) is 0.517. The molecule has 0 radical (unpaired) electrons. The number of nitrogens with two attached hydrogens (primary N) is 1. The van der Waals surface area contributed by atoms with Crippen LogP contribution in [0.4, 0.5) is 5.82 Å². The minimum absolute atomic E-state index is 0.172. The van der Waals surface area contributed by atoms with Crippen LogP contribution in [0.5, 0.6) is 0 Å². The summed E-state index contributed by atoms with van der Waals surface area (Å²) in [6.45, 7) is -1.00. The number of anilines is 1. The molecule has 1 saturated heterocycles. The van der Waals surface area contributed by atoms with Crippen molar-refractivity contribution in [1.82, 2.24) is 19.5 Å². The molecule has 0 spiro atoms. The Bertz CT molecular complexity index is 667. The molecule has 5 N–H and O–H groups in total. The van der Waals surface area contributed by atoms with Gasteiger partial charge in [0.05, 0.1) is 12.9 Å². The van der Waals surface area contributed by atoms with Crippen LogP contribution in [0.1, 0.15) is 14.5 Å². The number of aliphatic hydroxyl groups is 3. The van der Waals surface area contributed by atoms with Crippen molar-refractivity contribution in [2.75, 3.05) is 12.3 Å². The van der Waals surface area contributed by atoms with E-state index < -0.39 is 37.5 Å². The highest BCUT2D eigenvalue weighted by Crippen LogP contribution is 2.39. The lowest BCUT2D eigenvalue weighted by molar-refractivity contribution is -0.0950. The van der Waals surface area contributed by atoms with Gasteiger partial charge in [-0.15, -0.1) is 0 Å². The van der Waals surface area contributed by atoms with E-state index in [1.807, 2.05) is 0 Å². The summed E-state index contributed by atoms with van der Waals surface area (Å²) in [5.74, 6) is 0.172. The first-order valence-electron chi connectivity index (χ1n) is 6.62. The fourth-order valence-electron chi connectivity index (χ4n) is 2.32. The molecule has 1 fully saturated rings. The molecule has 0 aliphatic carbocycles. The van der Waals surface area contributed by atoms with Gasteiger partial charge in [0.15, 0.2) is 17.7 Å². The number of aliphatic hydroxyl groups excluding tert-OH is 2. The van der Waals surface area contributed by atoms with Gasteiger partial charge in [-0.25, -0.2) is 15.0 Å².